The van der Waals surface area contributed by atoms with Gasteiger partial charge in [-0.05, 0) is 31.8 Å². The third-order valence-electron chi connectivity index (χ3n) is 2.96. The van der Waals surface area contributed by atoms with Gasteiger partial charge in [-0.15, -0.1) is 0 Å². The Labute approximate surface area is 108 Å². The maximum absolute atomic E-state index is 6.20. The molecule has 0 radical (unpaired) electrons. The first kappa shape index (κ1) is 14.7. The second kappa shape index (κ2) is 7.14. The summed E-state index contributed by atoms with van der Waals surface area (Å²) in [7, 11) is 0. The Hall–Kier alpha value is 0.620. The highest BCUT2D eigenvalue weighted by molar-refractivity contribution is 7.99. The minimum absolute atomic E-state index is 0.358. The summed E-state index contributed by atoms with van der Waals surface area (Å²) in [4.78, 5) is 0. The van der Waals surface area contributed by atoms with Gasteiger partial charge < -0.3 is 10.5 Å². The first-order chi connectivity index (χ1) is 7.59. The van der Waals surface area contributed by atoms with Crippen LogP contribution in [0.15, 0.2) is 0 Å². The molecule has 0 saturated heterocycles. The van der Waals surface area contributed by atoms with E-state index in [0.29, 0.717) is 11.4 Å². The summed E-state index contributed by atoms with van der Waals surface area (Å²) >= 11 is 3.79. The number of nitrogens with two attached hydrogens (primary N) is 1. The summed E-state index contributed by atoms with van der Waals surface area (Å²) in [6.45, 7) is 4.17. The zero-order valence-electron chi connectivity index (χ0n) is 10.7. The van der Waals surface area contributed by atoms with Gasteiger partial charge in [0.15, 0.2) is 0 Å². The largest absolute Gasteiger partial charge is 0.356 e. The molecule has 96 valence electrons. The molecule has 2 nitrogen and oxygen atoms in total. The van der Waals surface area contributed by atoms with Crippen LogP contribution in [0.4, 0.5) is 0 Å². The highest BCUT2D eigenvalue weighted by atomic mass is 32.2. The number of hydrogen-bond donors (Lipinski definition) is 1. The average molecular weight is 263 g/mol. The number of hydrogen-bond acceptors (Lipinski definition) is 4. The Bertz CT molecular complexity index is 199. The quantitative estimate of drug-likeness (QED) is 0.747. The Morgan fingerprint density at radius 3 is 2.69 bits per heavy atom. The van der Waals surface area contributed by atoms with Crippen molar-refractivity contribution in [1.29, 1.82) is 0 Å². The molecule has 0 heterocycles. The highest BCUT2D eigenvalue weighted by Crippen LogP contribution is 2.31. The average Bonchev–Trinajstić information content (AvgIpc) is 2.27. The van der Waals surface area contributed by atoms with Gasteiger partial charge in [-0.1, -0.05) is 19.8 Å². The Morgan fingerprint density at radius 2 is 2.06 bits per heavy atom. The van der Waals surface area contributed by atoms with Crippen LogP contribution in [-0.4, -0.2) is 34.8 Å². The van der Waals surface area contributed by atoms with Gasteiger partial charge in [0.2, 0.25) is 0 Å². The van der Waals surface area contributed by atoms with Crippen LogP contribution in [0.2, 0.25) is 0 Å². The maximum Gasteiger partial charge on any atom is 0.123 e. The lowest BCUT2D eigenvalue weighted by Crippen LogP contribution is -2.48. The van der Waals surface area contributed by atoms with Crippen LogP contribution in [0.1, 0.15) is 39.5 Å². The molecular formula is C12H25NOS2. The van der Waals surface area contributed by atoms with E-state index in [2.05, 4.69) is 13.2 Å². The number of rotatable bonds is 6. The summed E-state index contributed by atoms with van der Waals surface area (Å²) in [5.74, 6) is 1.99. The van der Waals surface area contributed by atoms with Crippen molar-refractivity contribution in [3.63, 3.8) is 0 Å². The lowest BCUT2D eigenvalue weighted by Gasteiger charge is -2.36. The second-order valence-electron chi connectivity index (χ2n) is 4.66. The molecule has 0 amide bonds. The first-order valence-electron chi connectivity index (χ1n) is 6.16. The fourth-order valence-electron chi connectivity index (χ4n) is 2.15. The standard InChI is InChI=1S/C12H25NOS2/c1-4-16-9-12(2,13)14-10-7-5-6-8-11(10)15-3/h10-11H,4-9,13H2,1-3H3. The first-order valence-corrected chi connectivity index (χ1v) is 8.60. The summed E-state index contributed by atoms with van der Waals surface area (Å²) in [5, 5.41) is 0.642. The Kier molecular flexibility index (Phi) is 6.55. The van der Waals surface area contributed by atoms with Crippen molar-refractivity contribution in [3.8, 4) is 0 Å². The predicted molar refractivity (Wildman–Crippen MR) is 76.2 cm³/mol. The Balaban J connectivity index is 2.43. The second-order valence-corrected chi connectivity index (χ2v) is 7.02. The number of thioether (sulfide) groups is 2. The molecule has 1 fully saturated rings. The maximum atomic E-state index is 6.20. The van der Waals surface area contributed by atoms with Crippen molar-refractivity contribution in [2.24, 2.45) is 5.73 Å². The molecule has 1 aliphatic carbocycles. The molecule has 0 aromatic rings. The van der Waals surface area contributed by atoms with Crippen LogP contribution < -0.4 is 5.73 Å². The predicted octanol–water partition coefficient (Wildman–Crippen LogP) is 3.11. The van der Waals surface area contributed by atoms with E-state index in [1.54, 1.807) is 0 Å². The van der Waals surface area contributed by atoms with Gasteiger partial charge >= 0.3 is 0 Å². The molecule has 0 aromatic carbocycles. The fourth-order valence-corrected chi connectivity index (χ4v) is 3.73. The summed E-state index contributed by atoms with van der Waals surface area (Å²) < 4.78 is 6.12. The molecular weight excluding hydrogens is 238 g/mol. The molecule has 4 heteroatoms. The van der Waals surface area contributed by atoms with Gasteiger partial charge in [-0.25, -0.2) is 0 Å². The minimum atomic E-state index is -0.462. The zero-order valence-corrected chi connectivity index (χ0v) is 12.3. The SMILES string of the molecule is CCSCC(C)(N)OC1CCCCC1SC. The van der Waals surface area contributed by atoms with Gasteiger partial charge in [-0.2, -0.15) is 23.5 Å². The molecule has 3 atom stereocenters. The van der Waals surface area contributed by atoms with Gasteiger partial charge in [0.25, 0.3) is 0 Å². The van der Waals surface area contributed by atoms with Crippen LogP contribution in [0.3, 0.4) is 0 Å². The van der Waals surface area contributed by atoms with E-state index in [4.69, 9.17) is 10.5 Å². The smallest absolute Gasteiger partial charge is 0.123 e. The van der Waals surface area contributed by atoms with E-state index in [-0.39, 0.29) is 0 Å². The van der Waals surface area contributed by atoms with E-state index >= 15 is 0 Å². The summed E-state index contributed by atoms with van der Waals surface area (Å²) in [5.41, 5.74) is 5.74. The zero-order chi connectivity index (χ0) is 12.0. The van der Waals surface area contributed by atoms with Crippen LogP contribution in [0.5, 0.6) is 0 Å². The van der Waals surface area contributed by atoms with Gasteiger partial charge in [0.05, 0.1) is 6.10 Å². The molecule has 3 unspecified atom stereocenters. The summed E-state index contributed by atoms with van der Waals surface area (Å²) in [6.07, 6.45) is 7.63. The Morgan fingerprint density at radius 1 is 1.38 bits per heavy atom. The van der Waals surface area contributed by atoms with Crippen molar-refractivity contribution < 1.29 is 4.74 Å². The van der Waals surface area contributed by atoms with Crippen molar-refractivity contribution in [2.75, 3.05) is 17.8 Å². The van der Waals surface area contributed by atoms with Crippen LogP contribution >= 0.6 is 23.5 Å². The van der Waals surface area contributed by atoms with Gasteiger partial charge in [0.1, 0.15) is 5.72 Å². The van der Waals surface area contributed by atoms with Crippen molar-refractivity contribution in [2.45, 2.75) is 56.6 Å². The minimum Gasteiger partial charge on any atom is -0.356 e. The highest BCUT2D eigenvalue weighted by Gasteiger charge is 2.31. The topological polar surface area (TPSA) is 35.2 Å². The number of ether oxygens (including phenoxy) is 1. The molecule has 2 N–H and O–H groups in total. The third kappa shape index (κ3) is 4.86. The normalized spacial score (nSPS) is 30.0. The van der Waals surface area contributed by atoms with Crippen molar-refractivity contribution in [1.82, 2.24) is 0 Å². The third-order valence-corrected chi connectivity index (χ3v) is 5.29. The van der Waals surface area contributed by atoms with E-state index < -0.39 is 5.72 Å². The van der Waals surface area contributed by atoms with E-state index in [1.807, 2.05) is 30.4 Å². The lowest BCUT2D eigenvalue weighted by molar-refractivity contribution is -0.0745. The van der Waals surface area contributed by atoms with E-state index in [0.717, 1.165) is 11.5 Å². The van der Waals surface area contributed by atoms with Crippen molar-refractivity contribution in [3.05, 3.63) is 0 Å². The molecule has 16 heavy (non-hydrogen) atoms. The molecule has 0 spiro atoms. The molecule has 1 rings (SSSR count). The van der Waals surface area contributed by atoms with Crippen molar-refractivity contribution >= 4 is 23.5 Å². The van der Waals surface area contributed by atoms with E-state index in [9.17, 15) is 0 Å². The van der Waals surface area contributed by atoms with Crippen LogP contribution in [0.25, 0.3) is 0 Å². The fraction of sp³-hybridized carbons (Fsp3) is 1.00. The molecule has 0 aromatic heterocycles. The van der Waals surface area contributed by atoms with Crippen LogP contribution in [-0.2, 0) is 4.74 Å². The summed E-state index contributed by atoms with van der Waals surface area (Å²) in [6, 6.07) is 0. The van der Waals surface area contributed by atoms with Gasteiger partial charge in [-0.3, -0.25) is 0 Å². The van der Waals surface area contributed by atoms with Gasteiger partial charge in [0, 0.05) is 11.0 Å². The van der Waals surface area contributed by atoms with Crippen LogP contribution in [0, 0.1) is 0 Å². The lowest BCUT2D eigenvalue weighted by atomic mass is 9.97. The monoisotopic (exact) mass is 263 g/mol. The molecule has 0 bridgehead atoms. The molecule has 1 saturated carbocycles. The molecule has 0 aliphatic heterocycles. The molecule has 1 aliphatic rings. The van der Waals surface area contributed by atoms with E-state index in [1.165, 1.54) is 25.7 Å².